The van der Waals surface area contributed by atoms with Crippen LogP contribution in [-0.2, 0) is 11.2 Å². The van der Waals surface area contributed by atoms with Crippen molar-refractivity contribution < 1.29 is 9.90 Å². The molecule has 0 aliphatic rings. The van der Waals surface area contributed by atoms with Crippen molar-refractivity contribution >= 4 is 5.97 Å². The number of carboxylic acid groups (broad SMARTS) is 1. The van der Waals surface area contributed by atoms with Gasteiger partial charge in [0.15, 0.2) is 0 Å². The summed E-state index contributed by atoms with van der Waals surface area (Å²) in [6.45, 7) is 5.53. The van der Waals surface area contributed by atoms with Gasteiger partial charge in [-0.25, -0.2) is 0 Å². The van der Waals surface area contributed by atoms with Crippen LogP contribution in [0.25, 0.3) is 0 Å². The molecule has 0 spiro atoms. The summed E-state index contributed by atoms with van der Waals surface area (Å²) < 4.78 is 0. The summed E-state index contributed by atoms with van der Waals surface area (Å²) in [6, 6.07) is 2.05. The third-order valence-corrected chi connectivity index (χ3v) is 2.49. The monoisotopic (exact) mass is 224 g/mol. The molecule has 0 bridgehead atoms. The normalized spacial score (nSPS) is 11.6. The highest BCUT2D eigenvalue weighted by molar-refractivity contribution is 5.67. The van der Waals surface area contributed by atoms with Gasteiger partial charge in [0.05, 0.1) is 6.42 Å². The number of carboxylic acids is 1. The standard InChI is InChI=1S/C12H20N2O2/c1-12(2,7-11(15)16)9-14-6-4-10-3-5-13-8-10/h3,5,8,13-14H,4,6-7,9H2,1-2H3,(H,15,16). The molecule has 1 heterocycles. The van der Waals surface area contributed by atoms with Crippen molar-refractivity contribution in [2.45, 2.75) is 26.7 Å². The van der Waals surface area contributed by atoms with Crippen LogP contribution in [0.2, 0.25) is 0 Å². The molecule has 0 radical (unpaired) electrons. The molecule has 0 saturated heterocycles. The van der Waals surface area contributed by atoms with E-state index in [4.69, 9.17) is 5.11 Å². The van der Waals surface area contributed by atoms with E-state index in [-0.39, 0.29) is 11.8 Å². The molecule has 0 atom stereocenters. The van der Waals surface area contributed by atoms with Crippen LogP contribution in [0, 0.1) is 5.41 Å². The third-order valence-electron chi connectivity index (χ3n) is 2.49. The van der Waals surface area contributed by atoms with Crippen LogP contribution in [0.15, 0.2) is 18.5 Å². The lowest BCUT2D eigenvalue weighted by molar-refractivity contribution is -0.139. The summed E-state index contributed by atoms with van der Waals surface area (Å²) >= 11 is 0. The Bertz CT molecular complexity index is 318. The number of aromatic nitrogens is 1. The molecule has 0 amide bonds. The topological polar surface area (TPSA) is 65.1 Å². The van der Waals surface area contributed by atoms with Gasteiger partial charge in [0.2, 0.25) is 0 Å². The van der Waals surface area contributed by atoms with Crippen LogP contribution in [0.4, 0.5) is 0 Å². The summed E-state index contributed by atoms with van der Waals surface area (Å²) in [4.78, 5) is 13.6. The van der Waals surface area contributed by atoms with Crippen molar-refractivity contribution in [3.8, 4) is 0 Å². The third kappa shape index (κ3) is 4.98. The van der Waals surface area contributed by atoms with Gasteiger partial charge in [0.25, 0.3) is 0 Å². The smallest absolute Gasteiger partial charge is 0.303 e. The lowest BCUT2D eigenvalue weighted by Crippen LogP contribution is -2.32. The molecule has 0 unspecified atom stereocenters. The zero-order valence-electron chi connectivity index (χ0n) is 9.92. The number of aromatic amines is 1. The Labute approximate surface area is 96.1 Å². The van der Waals surface area contributed by atoms with Crippen molar-refractivity contribution in [1.29, 1.82) is 0 Å². The number of nitrogens with one attached hydrogen (secondary N) is 2. The summed E-state index contributed by atoms with van der Waals surface area (Å²) in [6.07, 6.45) is 5.05. The second-order valence-corrected chi connectivity index (χ2v) is 4.88. The maximum absolute atomic E-state index is 10.6. The minimum absolute atomic E-state index is 0.190. The Hall–Kier alpha value is -1.29. The number of hydrogen-bond acceptors (Lipinski definition) is 2. The van der Waals surface area contributed by atoms with E-state index in [2.05, 4.69) is 10.3 Å². The molecular formula is C12H20N2O2. The second-order valence-electron chi connectivity index (χ2n) is 4.88. The first-order chi connectivity index (χ1) is 7.49. The van der Waals surface area contributed by atoms with Gasteiger partial charge in [-0.2, -0.15) is 0 Å². The first-order valence-corrected chi connectivity index (χ1v) is 5.54. The average Bonchev–Trinajstić information content (AvgIpc) is 2.62. The van der Waals surface area contributed by atoms with Crippen LogP contribution in [0.1, 0.15) is 25.8 Å². The molecular weight excluding hydrogens is 204 g/mol. The first kappa shape index (κ1) is 12.8. The predicted molar refractivity (Wildman–Crippen MR) is 63.4 cm³/mol. The summed E-state index contributed by atoms with van der Waals surface area (Å²) in [5.74, 6) is -0.738. The molecule has 0 fully saturated rings. The Morgan fingerprint density at radius 1 is 1.56 bits per heavy atom. The highest BCUT2D eigenvalue weighted by atomic mass is 16.4. The average molecular weight is 224 g/mol. The van der Waals surface area contributed by atoms with Crippen LogP contribution < -0.4 is 5.32 Å². The van der Waals surface area contributed by atoms with E-state index in [0.717, 1.165) is 19.5 Å². The minimum Gasteiger partial charge on any atom is -0.481 e. The van der Waals surface area contributed by atoms with Gasteiger partial charge in [-0.3, -0.25) is 4.79 Å². The zero-order valence-corrected chi connectivity index (χ0v) is 9.92. The SMILES string of the molecule is CC(C)(CNCCc1cc[nH]c1)CC(=O)O. The van der Waals surface area contributed by atoms with Crippen LogP contribution in [0.5, 0.6) is 0 Å². The van der Waals surface area contributed by atoms with Gasteiger partial charge < -0.3 is 15.4 Å². The Balaban J connectivity index is 2.17. The predicted octanol–water partition coefficient (Wildman–Crippen LogP) is 1.65. The fourth-order valence-corrected chi connectivity index (χ4v) is 1.65. The first-order valence-electron chi connectivity index (χ1n) is 5.54. The Morgan fingerprint density at radius 3 is 2.88 bits per heavy atom. The van der Waals surface area contributed by atoms with Gasteiger partial charge >= 0.3 is 5.97 Å². The fourth-order valence-electron chi connectivity index (χ4n) is 1.65. The highest BCUT2D eigenvalue weighted by Crippen LogP contribution is 2.18. The van der Waals surface area contributed by atoms with E-state index in [9.17, 15) is 4.79 Å². The maximum atomic E-state index is 10.6. The van der Waals surface area contributed by atoms with Crippen LogP contribution in [-0.4, -0.2) is 29.1 Å². The minimum atomic E-state index is -0.738. The van der Waals surface area contributed by atoms with E-state index in [1.807, 2.05) is 32.3 Å². The van der Waals surface area contributed by atoms with Crippen LogP contribution in [0.3, 0.4) is 0 Å². The molecule has 90 valence electrons. The molecule has 4 heteroatoms. The number of carbonyl (C=O) groups is 1. The quantitative estimate of drug-likeness (QED) is 0.617. The van der Waals surface area contributed by atoms with Crippen molar-refractivity contribution in [1.82, 2.24) is 10.3 Å². The van der Waals surface area contributed by atoms with Gasteiger partial charge in [0, 0.05) is 18.9 Å². The largest absolute Gasteiger partial charge is 0.481 e. The zero-order chi connectivity index (χ0) is 12.0. The van der Waals surface area contributed by atoms with Gasteiger partial charge in [-0.15, -0.1) is 0 Å². The molecule has 0 saturated carbocycles. The number of hydrogen-bond donors (Lipinski definition) is 3. The molecule has 0 aromatic carbocycles. The van der Waals surface area contributed by atoms with Crippen molar-refractivity contribution in [2.24, 2.45) is 5.41 Å². The van der Waals surface area contributed by atoms with Crippen molar-refractivity contribution in [2.75, 3.05) is 13.1 Å². The van der Waals surface area contributed by atoms with E-state index in [1.165, 1.54) is 5.56 Å². The lowest BCUT2D eigenvalue weighted by atomic mass is 9.89. The Kier molecular flexibility index (Phi) is 4.55. The number of H-pyrrole nitrogens is 1. The number of aliphatic carboxylic acids is 1. The molecule has 1 aromatic heterocycles. The number of rotatable bonds is 7. The van der Waals surface area contributed by atoms with Crippen molar-refractivity contribution in [3.63, 3.8) is 0 Å². The van der Waals surface area contributed by atoms with E-state index >= 15 is 0 Å². The van der Waals surface area contributed by atoms with E-state index < -0.39 is 5.97 Å². The van der Waals surface area contributed by atoms with E-state index in [1.54, 1.807) is 0 Å². The highest BCUT2D eigenvalue weighted by Gasteiger charge is 2.20. The summed E-state index contributed by atoms with van der Waals surface area (Å²) in [5, 5.41) is 12.0. The molecule has 4 nitrogen and oxygen atoms in total. The van der Waals surface area contributed by atoms with Crippen LogP contribution >= 0.6 is 0 Å². The molecule has 3 N–H and O–H groups in total. The van der Waals surface area contributed by atoms with Gasteiger partial charge in [0.1, 0.15) is 0 Å². The van der Waals surface area contributed by atoms with E-state index in [0.29, 0.717) is 0 Å². The molecule has 16 heavy (non-hydrogen) atoms. The fraction of sp³-hybridized carbons (Fsp3) is 0.583. The molecule has 0 aliphatic carbocycles. The molecule has 0 aliphatic heterocycles. The maximum Gasteiger partial charge on any atom is 0.303 e. The lowest BCUT2D eigenvalue weighted by Gasteiger charge is -2.22. The molecule has 1 rings (SSSR count). The summed E-state index contributed by atoms with van der Waals surface area (Å²) in [7, 11) is 0. The van der Waals surface area contributed by atoms with Gasteiger partial charge in [-0.05, 0) is 30.0 Å². The van der Waals surface area contributed by atoms with Gasteiger partial charge in [-0.1, -0.05) is 13.8 Å². The molecule has 1 aromatic rings. The Morgan fingerprint density at radius 2 is 2.31 bits per heavy atom. The second kappa shape index (κ2) is 5.70. The van der Waals surface area contributed by atoms with Crippen molar-refractivity contribution in [3.05, 3.63) is 24.0 Å². The summed E-state index contributed by atoms with van der Waals surface area (Å²) in [5.41, 5.74) is 1.08.